The number of carbonyl (C=O) groups excluding carboxylic acids is 1. The van der Waals surface area contributed by atoms with E-state index in [-0.39, 0.29) is 17.1 Å². The van der Waals surface area contributed by atoms with Crippen LogP contribution in [0.1, 0.15) is 34.3 Å². The standard InChI is InChI=1S/C19H16O5/c1-11(19(21)22)14-10-13-8-9-24-17(13)15(18(14)23-2)16(20)12-6-4-3-5-7-12/h3-11H,1-2H3,(H,21,22). The number of methoxy groups -OCH3 is 1. The maximum absolute atomic E-state index is 13.0. The first-order valence-corrected chi connectivity index (χ1v) is 7.45. The van der Waals surface area contributed by atoms with Crippen molar-refractivity contribution < 1.29 is 23.8 Å². The number of furan rings is 1. The summed E-state index contributed by atoms with van der Waals surface area (Å²) in [5.74, 6) is -1.84. The Kier molecular flexibility index (Phi) is 4.08. The Morgan fingerprint density at radius 2 is 1.88 bits per heavy atom. The Morgan fingerprint density at radius 1 is 1.17 bits per heavy atom. The van der Waals surface area contributed by atoms with Gasteiger partial charge in [0, 0.05) is 16.5 Å². The Morgan fingerprint density at radius 3 is 2.50 bits per heavy atom. The second kappa shape index (κ2) is 6.20. The van der Waals surface area contributed by atoms with Gasteiger partial charge in [-0.15, -0.1) is 0 Å². The fraction of sp³-hybridized carbons (Fsp3) is 0.158. The number of hydrogen-bond donors (Lipinski definition) is 1. The van der Waals surface area contributed by atoms with E-state index in [0.717, 1.165) is 0 Å². The zero-order chi connectivity index (χ0) is 17.3. The van der Waals surface area contributed by atoms with Gasteiger partial charge in [-0.25, -0.2) is 0 Å². The van der Waals surface area contributed by atoms with Crippen molar-refractivity contribution >= 4 is 22.7 Å². The second-order valence-corrected chi connectivity index (χ2v) is 5.47. The van der Waals surface area contributed by atoms with E-state index in [1.165, 1.54) is 13.4 Å². The van der Waals surface area contributed by atoms with Crippen LogP contribution >= 0.6 is 0 Å². The van der Waals surface area contributed by atoms with Crippen LogP contribution in [0.5, 0.6) is 5.75 Å². The van der Waals surface area contributed by atoms with Crippen LogP contribution < -0.4 is 4.74 Å². The van der Waals surface area contributed by atoms with Crippen LogP contribution in [0.4, 0.5) is 0 Å². The Bertz CT molecular complexity index is 908. The number of aliphatic carboxylic acids is 1. The monoisotopic (exact) mass is 324 g/mol. The van der Waals surface area contributed by atoms with E-state index in [1.54, 1.807) is 43.3 Å². The zero-order valence-electron chi connectivity index (χ0n) is 13.3. The molecular weight excluding hydrogens is 308 g/mol. The topological polar surface area (TPSA) is 76.7 Å². The van der Waals surface area contributed by atoms with Crippen LogP contribution in [-0.2, 0) is 4.79 Å². The summed E-state index contributed by atoms with van der Waals surface area (Å²) < 4.78 is 10.9. The Labute approximate surface area is 138 Å². The summed E-state index contributed by atoms with van der Waals surface area (Å²) in [5.41, 5.74) is 1.56. The molecule has 0 amide bonds. The molecule has 1 aromatic heterocycles. The van der Waals surface area contributed by atoms with Crippen molar-refractivity contribution in [3.63, 3.8) is 0 Å². The van der Waals surface area contributed by atoms with Crippen LogP contribution in [0.2, 0.25) is 0 Å². The van der Waals surface area contributed by atoms with Gasteiger partial charge in [0.25, 0.3) is 0 Å². The second-order valence-electron chi connectivity index (χ2n) is 5.47. The zero-order valence-corrected chi connectivity index (χ0v) is 13.3. The number of fused-ring (bicyclic) bond motifs is 1. The third-order valence-electron chi connectivity index (χ3n) is 4.03. The summed E-state index contributed by atoms with van der Waals surface area (Å²) in [7, 11) is 1.42. The number of carboxylic acid groups (broad SMARTS) is 1. The summed E-state index contributed by atoms with van der Waals surface area (Å²) in [6, 6.07) is 12.1. The lowest BCUT2D eigenvalue weighted by atomic mass is 9.92. The van der Waals surface area contributed by atoms with Crippen LogP contribution in [0.25, 0.3) is 11.0 Å². The molecule has 24 heavy (non-hydrogen) atoms. The highest BCUT2D eigenvalue weighted by atomic mass is 16.5. The number of benzene rings is 2. The smallest absolute Gasteiger partial charge is 0.310 e. The van der Waals surface area contributed by atoms with Crippen molar-refractivity contribution in [2.75, 3.05) is 7.11 Å². The number of ketones is 1. The van der Waals surface area contributed by atoms with E-state index in [4.69, 9.17) is 9.15 Å². The van der Waals surface area contributed by atoms with Gasteiger partial charge >= 0.3 is 5.97 Å². The quantitative estimate of drug-likeness (QED) is 0.721. The molecule has 1 atom stereocenters. The molecule has 5 heteroatoms. The summed E-state index contributed by atoms with van der Waals surface area (Å²) >= 11 is 0. The molecule has 1 N–H and O–H groups in total. The molecule has 0 aliphatic carbocycles. The Hall–Kier alpha value is -3.08. The summed E-state index contributed by atoms with van der Waals surface area (Å²) in [4.78, 5) is 24.4. The minimum atomic E-state index is -0.991. The number of carboxylic acids is 1. The predicted molar refractivity (Wildman–Crippen MR) is 88.7 cm³/mol. The summed E-state index contributed by atoms with van der Waals surface area (Å²) in [6.45, 7) is 1.56. The van der Waals surface area contributed by atoms with E-state index in [1.807, 2.05) is 6.07 Å². The number of ether oxygens (including phenoxy) is 1. The first kappa shape index (κ1) is 15.8. The average Bonchev–Trinajstić information content (AvgIpc) is 3.07. The number of hydrogen-bond acceptors (Lipinski definition) is 4. The van der Waals surface area contributed by atoms with Crippen molar-refractivity contribution in [1.29, 1.82) is 0 Å². The molecule has 1 heterocycles. The molecule has 0 radical (unpaired) electrons. The van der Waals surface area contributed by atoms with Gasteiger partial charge in [-0.05, 0) is 19.1 Å². The first-order valence-electron chi connectivity index (χ1n) is 7.45. The van der Waals surface area contributed by atoms with E-state index in [2.05, 4.69) is 0 Å². The molecule has 0 bridgehead atoms. The molecule has 0 spiro atoms. The molecule has 0 aliphatic rings. The summed E-state index contributed by atoms with van der Waals surface area (Å²) in [6.07, 6.45) is 1.47. The van der Waals surface area contributed by atoms with Gasteiger partial charge in [0.15, 0.2) is 0 Å². The lowest BCUT2D eigenvalue weighted by Gasteiger charge is -2.16. The molecule has 5 nitrogen and oxygen atoms in total. The minimum Gasteiger partial charge on any atom is -0.496 e. The van der Waals surface area contributed by atoms with E-state index in [9.17, 15) is 14.7 Å². The Balaban J connectivity index is 2.31. The molecule has 3 aromatic rings. The number of carbonyl (C=O) groups is 2. The molecular formula is C19H16O5. The van der Waals surface area contributed by atoms with Gasteiger partial charge in [-0.1, -0.05) is 30.3 Å². The van der Waals surface area contributed by atoms with E-state index < -0.39 is 11.9 Å². The molecule has 0 saturated carbocycles. The van der Waals surface area contributed by atoms with Crippen LogP contribution in [-0.4, -0.2) is 24.0 Å². The third kappa shape index (κ3) is 2.54. The average molecular weight is 324 g/mol. The minimum absolute atomic E-state index is 0.237. The van der Waals surface area contributed by atoms with Crippen LogP contribution in [0.15, 0.2) is 53.1 Å². The van der Waals surface area contributed by atoms with Gasteiger partial charge < -0.3 is 14.3 Å². The van der Waals surface area contributed by atoms with Gasteiger partial charge in [-0.3, -0.25) is 9.59 Å². The largest absolute Gasteiger partial charge is 0.496 e. The fourth-order valence-corrected chi connectivity index (χ4v) is 2.73. The van der Waals surface area contributed by atoms with Gasteiger partial charge in [0.2, 0.25) is 5.78 Å². The SMILES string of the molecule is COc1c(C(C)C(=O)O)cc2ccoc2c1C(=O)c1ccccc1. The van der Waals surface area contributed by atoms with Gasteiger partial charge in [0.05, 0.1) is 19.3 Å². The summed E-state index contributed by atoms with van der Waals surface area (Å²) in [5, 5.41) is 10.0. The van der Waals surface area contributed by atoms with Crippen molar-refractivity contribution in [2.45, 2.75) is 12.8 Å². The highest BCUT2D eigenvalue weighted by Crippen LogP contribution is 2.38. The van der Waals surface area contributed by atoms with Crippen molar-refractivity contribution in [3.05, 3.63) is 65.4 Å². The van der Waals surface area contributed by atoms with Gasteiger partial charge in [0.1, 0.15) is 16.9 Å². The molecule has 3 rings (SSSR count). The molecule has 0 aliphatic heterocycles. The van der Waals surface area contributed by atoms with Crippen molar-refractivity contribution in [3.8, 4) is 5.75 Å². The highest BCUT2D eigenvalue weighted by Gasteiger charge is 2.27. The van der Waals surface area contributed by atoms with Crippen LogP contribution in [0.3, 0.4) is 0 Å². The molecule has 0 saturated heterocycles. The van der Waals surface area contributed by atoms with Crippen molar-refractivity contribution in [1.82, 2.24) is 0 Å². The molecule has 122 valence electrons. The predicted octanol–water partition coefficient (Wildman–Crippen LogP) is 3.86. The number of rotatable bonds is 5. The molecule has 2 aromatic carbocycles. The fourth-order valence-electron chi connectivity index (χ4n) is 2.73. The normalized spacial score (nSPS) is 12.1. The lowest BCUT2D eigenvalue weighted by molar-refractivity contribution is -0.138. The molecule has 1 unspecified atom stereocenters. The first-order chi connectivity index (χ1) is 11.5. The molecule has 0 fully saturated rings. The highest BCUT2D eigenvalue weighted by molar-refractivity contribution is 6.17. The lowest BCUT2D eigenvalue weighted by Crippen LogP contribution is -2.12. The van der Waals surface area contributed by atoms with Crippen molar-refractivity contribution in [2.24, 2.45) is 0 Å². The van der Waals surface area contributed by atoms with E-state index in [0.29, 0.717) is 22.1 Å². The van der Waals surface area contributed by atoms with E-state index >= 15 is 0 Å². The van der Waals surface area contributed by atoms with Crippen LogP contribution in [0, 0.1) is 0 Å². The third-order valence-corrected chi connectivity index (χ3v) is 4.03. The van der Waals surface area contributed by atoms with Gasteiger partial charge in [-0.2, -0.15) is 0 Å². The maximum atomic E-state index is 13.0. The maximum Gasteiger partial charge on any atom is 0.310 e.